The molecule has 7 heteroatoms. The van der Waals surface area contributed by atoms with E-state index in [1.807, 2.05) is 5.38 Å². The first kappa shape index (κ1) is 15.8. The highest BCUT2D eigenvalue weighted by Gasteiger charge is 2.20. The zero-order chi connectivity index (χ0) is 16.5. The predicted octanol–water partition coefficient (Wildman–Crippen LogP) is 3.92. The van der Waals surface area contributed by atoms with E-state index in [4.69, 9.17) is 4.74 Å². The van der Waals surface area contributed by atoms with Crippen molar-refractivity contribution >= 4 is 34.2 Å². The Labute approximate surface area is 148 Å². The molecule has 1 aromatic carbocycles. The molecular weight excluding hydrogens is 345 g/mol. The third-order valence-electron chi connectivity index (χ3n) is 4.13. The summed E-state index contributed by atoms with van der Waals surface area (Å²) in [5.41, 5.74) is 2.01. The molecule has 0 amide bonds. The number of halogens is 1. The molecule has 1 aliphatic heterocycles. The molecule has 0 spiro atoms. The molecule has 1 fully saturated rings. The number of nitrogens with zero attached hydrogens (tertiary/aromatic N) is 2. The van der Waals surface area contributed by atoms with Gasteiger partial charge in [-0.25, -0.2) is 14.4 Å². The molecule has 0 atom stereocenters. The van der Waals surface area contributed by atoms with Crippen LogP contribution in [0.5, 0.6) is 5.88 Å². The number of hydrogen-bond acceptors (Lipinski definition) is 6. The minimum Gasteiger partial charge on any atom is -0.473 e. The molecule has 3 heterocycles. The normalized spacial score (nSPS) is 15.8. The summed E-state index contributed by atoms with van der Waals surface area (Å²) in [7, 11) is 0. The van der Waals surface area contributed by atoms with Crippen LogP contribution in [0.3, 0.4) is 0 Å². The number of fused-ring (bicyclic) bond motifs is 1. The number of nitrogens with one attached hydrogen (secondary N) is 1. The number of benzene rings is 1. The number of thiophene rings is 1. The molecule has 2 aromatic heterocycles. The minimum atomic E-state index is -0.304. The van der Waals surface area contributed by atoms with Crippen molar-refractivity contribution < 1.29 is 9.13 Å². The van der Waals surface area contributed by atoms with Crippen molar-refractivity contribution in [1.82, 2.24) is 15.3 Å². The molecule has 1 saturated heterocycles. The summed E-state index contributed by atoms with van der Waals surface area (Å²) >= 11 is 5.66. The molecule has 24 heavy (non-hydrogen) atoms. The maximum absolute atomic E-state index is 14.3. The molecule has 4 nitrogen and oxygen atoms in total. The van der Waals surface area contributed by atoms with E-state index in [2.05, 4.69) is 27.9 Å². The van der Waals surface area contributed by atoms with Crippen LogP contribution < -0.4 is 10.1 Å². The summed E-state index contributed by atoms with van der Waals surface area (Å²) in [4.78, 5) is 9.25. The number of aromatic nitrogens is 2. The first-order valence-electron chi connectivity index (χ1n) is 7.81. The largest absolute Gasteiger partial charge is 0.473 e. The standard InChI is InChI=1S/C17H16FN3OS2/c18-14-7-11(23)1-2-12(14)13-8-24-16-15(13)20-9-21-17(16)22-10-3-5-19-6-4-10/h1-2,7-10,19,23H,3-6H2. The molecule has 4 rings (SSSR count). The van der Waals surface area contributed by atoms with Gasteiger partial charge in [-0.3, -0.25) is 0 Å². The second-order valence-electron chi connectivity index (χ2n) is 5.74. The van der Waals surface area contributed by atoms with Crippen LogP contribution in [0, 0.1) is 5.82 Å². The summed E-state index contributed by atoms with van der Waals surface area (Å²) in [5.74, 6) is 0.288. The Morgan fingerprint density at radius 3 is 2.83 bits per heavy atom. The predicted molar refractivity (Wildman–Crippen MR) is 96.6 cm³/mol. The third kappa shape index (κ3) is 2.99. The third-order valence-corrected chi connectivity index (χ3v) is 5.36. The highest BCUT2D eigenvalue weighted by Crippen LogP contribution is 2.38. The van der Waals surface area contributed by atoms with Gasteiger partial charge >= 0.3 is 0 Å². The maximum atomic E-state index is 14.3. The summed E-state index contributed by atoms with van der Waals surface area (Å²) in [6.45, 7) is 1.91. The molecule has 0 aliphatic carbocycles. The fraction of sp³-hybridized carbons (Fsp3) is 0.294. The van der Waals surface area contributed by atoms with Crippen LogP contribution in [0.4, 0.5) is 4.39 Å². The first-order chi connectivity index (χ1) is 11.7. The van der Waals surface area contributed by atoms with Gasteiger partial charge in [0.05, 0.1) is 5.52 Å². The maximum Gasteiger partial charge on any atom is 0.235 e. The van der Waals surface area contributed by atoms with Crippen molar-refractivity contribution in [3.63, 3.8) is 0 Å². The van der Waals surface area contributed by atoms with Crippen LogP contribution in [0.25, 0.3) is 21.3 Å². The minimum absolute atomic E-state index is 0.162. The van der Waals surface area contributed by atoms with Gasteiger partial charge in [-0.2, -0.15) is 0 Å². The SMILES string of the molecule is Fc1cc(S)ccc1-c1csc2c(OC3CCNCC3)ncnc12. The Morgan fingerprint density at radius 2 is 2.04 bits per heavy atom. The van der Waals surface area contributed by atoms with Crippen LogP contribution in [0.15, 0.2) is 34.8 Å². The Balaban J connectivity index is 1.73. The molecule has 0 unspecified atom stereocenters. The highest BCUT2D eigenvalue weighted by atomic mass is 32.1. The van der Waals surface area contributed by atoms with E-state index in [1.165, 1.54) is 23.7 Å². The van der Waals surface area contributed by atoms with Gasteiger partial charge < -0.3 is 10.1 Å². The summed E-state index contributed by atoms with van der Waals surface area (Å²) in [5, 5.41) is 5.22. The van der Waals surface area contributed by atoms with Crippen molar-refractivity contribution in [3.8, 4) is 17.0 Å². The van der Waals surface area contributed by atoms with Gasteiger partial charge in [0, 0.05) is 21.4 Å². The lowest BCUT2D eigenvalue weighted by Gasteiger charge is -2.23. The number of piperidine rings is 1. The van der Waals surface area contributed by atoms with Crippen LogP contribution in [0.1, 0.15) is 12.8 Å². The molecule has 3 aromatic rings. The van der Waals surface area contributed by atoms with E-state index in [1.54, 1.807) is 12.1 Å². The molecule has 124 valence electrons. The van der Waals surface area contributed by atoms with Gasteiger partial charge in [0.25, 0.3) is 0 Å². The molecule has 0 saturated carbocycles. The topological polar surface area (TPSA) is 47.0 Å². The molecule has 1 aliphatic rings. The van der Waals surface area contributed by atoms with E-state index in [0.29, 0.717) is 16.3 Å². The van der Waals surface area contributed by atoms with E-state index in [0.717, 1.165) is 41.7 Å². The summed E-state index contributed by atoms with van der Waals surface area (Å²) in [6, 6.07) is 4.92. The summed E-state index contributed by atoms with van der Waals surface area (Å²) < 4.78 is 21.2. The van der Waals surface area contributed by atoms with Crippen LogP contribution in [-0.2, 0) is 0 Å². The number of thiol groups is 1. The summed E-state index contributed by atoms with van der Waals surface area (Å²) in [6.07, 6.45) is 3.57. The smallest absolute Gasteiger partial charge is 0.235 e. The number of ether oxygens (including phenoxy) is 1. The highest BCUT2D eigenvalue weighted by molar-refractivity contribution is 7.80. The molecule has 0 radical (unpaired) electrons. The molecule has 0 bridgehead atoms. The Bertz CT molecular complexity index is 877. The Kier molecular flexibility index (Phi) is 4.39. The van der Waals surface area contributed by atoms with Crippen LogP contribution in [0.2, 0.25) is 0 Å². The van der Waals surface area contributed by atoms with Crippen molar-refractivity contribution in [2.75, 3.05) is 13.1 Å². The van der Waals surface area contributed by atoms with Gasteiger partial charge in [-0.15, -0.1) is 24.0 Å². The van der Waals surface area contributed by atoms with Crippen molar-refractivity contribution in [2.45, 2.75) is 23.8 Å². The van der Waals surface area contributed by atoms with E-state index < -0.39 is 0 Å². The van der Waals surface area contributed by atoms with E-state index >= 15 is 0 Å². The van der Waals surface area contributed by atoms with Gasteiger partial charge in [-0.05, 0) is 38.1 Å². The van der Waals surface area contributed by atoms with Crippen molar-refractivity contribution in [2.24, 2.45) is 0 Å². The number of rotatable bonds is 3. The number of hydrogen-bond donors (Lipinski definition) is 2. The lowest BCUT2D eigenvalue weighted by molar-refractivity contribution is 0.158. The second-order valence-corrected chi connectivity index (χ2v) is 7.13. The van der Waals surface area contributed by atoms with Crippen molar-refractivity contribution in [1.29, 1.82) is 0 Å². The average Bonchev–Trinajstić information content (AvgIpc) is 3.01. The van der Waals surface area contributed by atoms with Gasteiger partial charge in [-0.1, -0.05) is 6.07 Å². The van der Waals surface area contributed by atoms with E-state index in [-0.39, 0.29) is 11.9 Å². The van der Waals surface area contributed by atoms with Crippen LogP contribution in [-0.4, -0.2) is 29.2 Å². The average molecular weight is 361 g/mol. The van der Waals surface area contributed by atoms with E-state index in [9.17, 15) is 4.39 Å². The fourth-order valence-corrected chi connectivity index (χ4v) is 4.04. The first-order valence-corrected chi connectivity index (χ1v) is 9.13. The van der Waals surface area contributed by atoms with Gasteiger partial charge in [0.15, 0.2) is 0 Å². The quantitative estimate of drug-likeness (QED) is 0.694. The lowest BCUT2D eigenvalue weighted by atomic mass is 10.1. The van der Waals surface area contributed by atoms with Crippen LogP contribution >= 0.6 is 24.0 Å². The lowest BCUT2D eigenvalue weighted by Crippen LogP contribution is -2.34. The van der Waals surface area contributed by atoms with Crippen molar-refractivity contribution in [3.05, 3.63) is 35.7 Å². The fourth-order valence-electron chi connectivity index (χ4n) is 2.90. The van der Waals surface area contributed by atoms with Gasteiger partial charge in [0.1, 0.15) is 22.9 Å². The Morgan fingerprint density at radius 1 is 1.21 bits per heavy atom. The zero-order valence-electron chi connectivity index (χ0n) is 12.8. The monoisotopic (exact) mass is 361 g/mol. The zero-order valence-corrected chi connectivity index (χ0v) is 14.5. The van der Waals surface area contributed by atoms with Gasteiger partial charge in [0.2, 0.25) is 5.88 Å². The molecular formula is C17H16FN3OS2. The Hall–Kier alpha value is -1.70. The second kappa shape index (κ2) is 6.66. The molecule has 1 N–H and O–H groups in total.